The average Bonchev–Trinajstić information content (AvgIpc) is 2.82. The number of benzene rings is 3. The van der Waals surface area contributed by atoms with Gasteiger partial charge in [-0.05, 0) is 54.6 Å². The first kappa shape index (κ1) is 22.6. The van der Waals surface area contributed by atoms with E-state index in [0.717, 1.165) is 17.1 Å². The van der Waals surface area contributed by atoms with E-state index >= 15 is 0 Å². The Balaban J connectivity index is 1.58. The van der Waals surface area contributed by atoms with Crippen LogP contribution in [-0.2, 0) is 9.59 Å². The van der Waals surface area contributed by atoms with Crippen molar-refractivity contribution in [2.24, 2.45) is 0 Å². The highest BCUT2D eigenvalue weighted by Gasteiger charge is 2.14. The van der Waals surface area contributed by atoms with Crippen LogP contribution in [0.5, 0.6) is 0 Å². The Morgan fingerprint density at radius 2 is 1.41 bits per heavy atom. The van der Waals surface area contributed by atoms with E-state index in [1.807, 2.05) is 30.3 Å². The van der Waals surface area contributed by atoms with Crippen molar-refractivity contribution in [1.29, 1.82) is 0 Å². The van der Waals surface area contributed by atoms with Crippen molar-refractivity contribution < 1.29 is 14.4 Å². The van der Waals surface area contributed by atoms with Crippen molar-refractivity contribution in [3.63, 3.8) is 0 Å². The fraction of sp³-hybridized carbons (Fsp3) is 0.160. The number of rotatable bonds is 7. The molecule has 0 fully saturated rings. The van der Waals surface area contributed by atoms with Crippen molar-refractivity contribution in [2.45, 2.75) is 6.92 Å². The SMILES string of the molecule is CC(=O)N(C)c1ccc(NCC(=O)Nc2cccc(C(=O)N(C)c3ccccc3)c2)cc1. The third-order valence-electron chi connectivity index (χ3n) is 5.02. The van der Waals surface area contributed by atoms with Gasteiger partial charge in [0.25, 0.3) is 5.91 Å². The minimum Gasteiger partial charge on any atom is -0.376 e. The number of para-hydroxylation sites is 1. The summed E-state index contributed by atoms with van der Waals surface area (Å²) in [7, 11) is 3.42. The lowest BCUT2D eigenvalue weighted by molar-refractivity contribution is -0.116. The molecule has 0 unspecified atom stereocenters. The van der Waals surface area contributed by atoms with Crippen LogP contribution in [0.25, 0.3) is 0 Å². The number of nitrogens with zero attached hydrogens (tertiary/aromatic N) is 2. The number of carbonyl (C=O) groups is 3. The quantitative estimate of drug-likeness (QED) is 0.594. The van der Waals surface area contributed by atoms with E-state index in [9.17, 15) is 14.4 Å². The number of nitrogens with one attached hydrogen (secondary N) is 2. The molecule has 3 aromatic carbocycles. The van der Waals surface area contributed by atoms with Gasteiger partial charge in [0, 0.05) is 49.3 Å². The van der Waals surface area contributed by atoms with Crippen LogP contribution in [0.4, 0.5) is 22.7 Å². The maximum Gasteiger partial charge on any atom is 0.258 e. The molecule has 0 aliphatic rings. The summed E-state index contributed by atoms with van der Waals surface area (Å²) in [6.07, 6.45) is 0. The van der Waals surface area contributed by atoms with Crippen molar-refractivity contribution in [1.82, 2.24) is 0 Å². The molecular weight excluding hydrogens is 404 g/mol. The lowest BCUT2D eigenvalue weighted by atomic mass is 10.1. The van der Waals surface area contributed by atoms with Crippen LogP contribution in [0.2, 0.25) is 0 Å². The maximum absolute atomic E-state index is 12.8. The molecule has 0 atom stereocenters. The minimum absolute atomic E-state index is 0.0549. The summed E-state index contributed by atoms with van der Waals surface area (Å²) < 4.78 is 0. The molecular formula is C25H26N4O3. The minimum atomic E-state index is -0.240. The average molecular weight is 431 g/mol. The molecule has 0 radical (unpaired) electrons. The van der Waals surface area contributed by atoms with E-state index in [4.69, 9.17) is 0 Å². The summed E-state index contributed by atoms with van der Waals surface area (Å²) in [5, 5.41) is 5.85. The Bertz CT molecular complexity index is 1100. The molecule has 0 aliphatic carbocycles. The topological polar surface area (TPSA) is 81.8 Å². The second kappa shape index (κ2) is 10.3. The third-order valence-corrected chi connectivity index (χ3v) is 5.02. The zero-order chi connectivity index (χ0) is 23.1. The number of anilines is 4. The van der Waals surface area contributed by atoms with E-state index in [0.29, 0.717) is 11.3 Å². The van der Waals surface area contributed by atoms with Crippen LogP contribution in [0.1, 0.15) is 17.3 Å². The van der Waals surface area contributed by atoms with Gasteiger partial charge in [-0.1, -0.05) is 24.3 Å². The molecule has 0 spiro atoms. The maximum atomic E-state index is 12.8. The summed E-state index contributed by atoms with van der Waals surface area (Å²) in [4.78, 5) is 39.7. The summed E-state index contributed by atoms with van der Waals surface area (Å²) >= 11 is 0. The molecule has 0 saturated heterocycles. The Labute approximate surface area is 187 Å². The Morgan fingerprint density at radius 3 is 2.06 bits per heavy atom. The molecule has 32 heavy (non-hydrogen) atoms. The number of carbonyl (C=O) groups excluding carboxylic acids is 3. The fourth-order valence-electron chi connectivity index (χ4n) is 3.06. The van der Waals surface area contributed by atoms with Crippen LogP contribution in [-0.4, -0.2) is 38.4 Å². The largest absolute Gasteiger partial charge is 0.376 e. The molecule has 2 N–H and O–H groups in total. The molecule has 0 aliphatic heterocycles. The van der Waals surface area contributed by atoms with Crippen molar-refractivity contribution >= 4 is 40.5 Å². The Kier molecular flexibility index (Phi) is 7.23. The lowest BCUT2D eigenvalue weighted by Crippen LogP contribution is -2.26. The van der Waals surface area contributed by atoms with Gasteiger partial charge in [0.1, 0.15) is 0 Å². The van der Waals surface area contributed by atoms with E-state index in [-0.39, 0.29) is 24.3 Å². The van der Waals surface area contributed by atoms with Gasteiger partial charge in [-0.2, -0.15) is 0 Å². The van der Waals surface area contributed by atoms with Gasteiger partial charge in [-0.15, -0.1) is 0 Å². The highest BCUT2D eigenvalue weighted by atomic mass is 16.2. The Morgan fingerprint density at radius 1 is 0.750 bits per heavy atom. The first-order valence-electron chi connectivity index (χ1n) is 10.2. The van der Waals surface area contributed by atoms with E-state index < -0.39 is 0 Å². The summed E-state index contributed by atoms with van der Waals surface area (Å²) in [5.74, 6) is -0.460. The van der Waals surface area contributed by atoms with Crippen LogP contribution in [0.3, 0.4) is 0 Å². The standard InChI is InChI=1S/C25H26N4O3/c1-18(30)28(2)23-14-12-20(13-15-23)26-17-24(31)27-21-9-7-8-19(16-21)25(32)29(3)22-10-5-4-6-11-22/h4-16,26H,17H2,1-3H3,(H,27,31). The van der Waals surface area contributed by atoms with Crippen molar-refractivity contribution in [3.8, 4) is 0 Å². The van der Waals surface area contributed by atoms with E-state index in [2.05, 4.69) is 10.6 Å². The highest BCUT2D eigenvalue weighted by molar-refractivity contribution is 6.06. The van der Waals surface area contributed by atoms with Crippen molar-refractivity contribution in [2.75, 3.05) is 41.1 Å². The second-order valence-corrected chi connectivity index (χ2v) is 7.31. The van der Waals surface area contributed by atoms with Crippen LogP contribution in [0.15, 0.2) is 78.9 Å². The first-order chi connectivity index (χ1) is 15.3. The molecule has 0 aromatic heterocycles. The smallest absolute Gasteiger partial charge is 0.258 e. The predicted octanol–water partition coefficient (Wildman–Crippen LogP) is 4.00. The summed E-state index contributed by atoms with van der Waals surface area (Å²) in [6.45, 7) is 1.56. The highest BCUT2D eigenvalue weighted by Crippen LogP contribution is 2.18. The molecule has 0 heterocycles. The normalized spacial score (nSPS) is 10.2. The zero-order valence-electron chi connectivity index (χ0n) is 18.3. The van der Waals surface area contributed by atoms with Crippen LogP contribution >= 0.6 is 0 Å². The summed E-state index contributed by atoms with van der Waals surface area (Å²) in [6, 6.07) is 23.4. The Hall–Kier alpha value is -4.13. The van der Waals surface area contributed by atoms with Gasteiger partial charge >= 0.3 is 0 Å². The molecule has 164 valence electrons. The number of amides is 3. The van der Waals surface area contributed by atoms with Gasteiger partial charge in [0.15, 0.2) is 0 Å². The molecule has 7 nitrogen and oxygen atoms in total. The van der Waals surface area contributed by atoms with Gasteiger partial charge in [0.05, 0.1) is 6.54 Å². The van der Waals surface area contributed by atoms with Gasteiger partial charge in [-0.25, -0.2) is 0 Å². The van der Waals surface area contributed by atoms with E-state index in [1.165, 1.54) is 6.92 Å². The van der Waals surface area contributed by atoms with Crippen LogP contribution in [0, 0.1) is 0 Å². The van der Waals surface area contributed by atoms with E-state index in [1.54, 1.807) is 72.4 Å². The van der Waals surface area contributed by atoms with Gasteiger partial charge in [-0.3, -0.25) is 14.4 Å². The third kappa shape index (κ3) is 5.72. The van der Waals surface area contributed by atoms with Gasteiger partial charge in [0.2, 0.25) is 11.8 Å². The second-order valence-electron chi connectivity index (χ2n) is 7.31. The van der Waals surface area contributed by atoms with Gasteiger partial charge < -0.3 is 20.4 Å². The zero-order valence-corrected chi connectivity index (χ0v) is 18.3. The molecule has 3 rings (SSSR count). The summed E-state index contributed by atoms with van der Waals surface area (Å²) in [5.41, 5.74) is 3.34. The predicted molar refractivity (Wildman–Crippen MR) is 128 cm³/mol. The lowest BCUT2D eigenvalue weighted by Gasteiger charge is -2.18. The molecule has 3 aromatic rings. The number of hydrogen-bond donors (Lipinski definition) is 2. The van der Waals surface area contributed by atoms with Crippen LogP contribution < -0.4 is 20.4 Å². The monoisotopic (exact) mass is 430 g/mol. The van der Waals surface area contributed by atoms with Crippen molar-refractivity contribution in [3.05, 3.63) is 84.4 Å². The molecule has 7 heteroatoms. The molecule has 3 amide bonds. The molecule has 0 bridgehead atoms. The molecule has 0 saturated carbocycles. The fourth-order valence-corrected chi connectivity index (χ4v) is 3.06. The number of hydrogen-bond acceptors (Lipinski definition) is 4. The first-order valence-corrected chi connectivity index (χ1v) is 10.2.